The van der Waals surface area contributed by atoms with E-state index in [4.69, 9.17) is 0 Å². The summed E-state index contributed by atoms with van der Waals surface area (Å²) in [5, 5.41) is 15.7. The number of aromatic amines is 1. The molecule has 0 fully saturated rings. The van der Waals surface area contributed by atoms with Crippen LogP contribution in [0.2, 0.25) is 0 Å². The topological polar surface area (TPSA) is 93.7 Å². The number of carboxylic acid groups (broad SMARTS) is 1. The van der Waals surface area contributed by atoms with Crippen LogP contribution in [0.4, 0.5) is 5.69 Å². The number of nitrogens with zero attached hydrogens (tertiary/aromatic N) is 2. The number of hydrogen-bond donors (Lipinski definition) is 2. The Morgan fingerprint density at radius 3 is 2.15 bits per heavy atom. The van der Waals surface area contributed by atoms with Crippen molar-refractivity contribution in [1.82, 2.24) is 9.88 Å². The third kappa shape index (κ3) is 6.94. The molecule has 2 aromatic heterocycles. The molecule has 2 atom stereocenters. The first kappa shape index (κ1) is 32.5. The molecule has 0 saturated heterocycles. The largest absolute Gasteiger partial charge is 0.480 e. The molecule has 7 nitrogen and oxygen atoms in total. The Labute approximate surface area is 284 Å². The second kappa shape index (κ2) is 14.1. The Hall–Kier alpha value is -5.47. The van der Waals surface area contributed by atoms with Gasteiger partial charge >= 0.3 is 5.97 Å². The van der Waals surface area contributed by atoms with Crippen LogP contribution in [0, 0.1) is 13.8 Å². The minimum Gasteiger partial charge on any atom is -0.480 e. The summed E-state index contributed by atoms with van der Waals surface area (Å²) in [6, 6.07) is 29.9. The molecular formula is C40H37N3O4S. The number of H-pyrrole nitrogens is 1. The number of aryl methyl sites for hydroxylation is 2. The summed E-state index contributed by atoms with van der Waals surface area (Å²) in [7, 11) is 1.63. The number of aliphatic carboxylic acids is 1. The number of benzene rings is 4. The molecule has 4 aromatic carbocycles. The van der Waals surface area contributed by atoms with Gasteiger partial charge in [-0.2, -0.15) is 11.3 Å². The molecule has 6 rings (SSSR count). The van der Waals surface area contributed by atoms with Crippen molar-refractivity contribution in [3.8, 4) is 11.1 Å². The number of fused-ring (bicyclic) bond motifs is 1. The summed E-state index contributed by atoms with van der Waals surface area (Å²) in [5.74, 6) is -1.93. The van der Waals surface area contributed by atoms with E-state index in [0.29, 0.717) is 11.3 Å². The number of para-hydroxylation sites is 2. The van der Waals surface area contributed by atoms with Crippen molar-refractivity contribution in [2.75, 3.05) is 11.9 Å². The van der Waals surface area contributed by atoms with Gasteiger partial charge in [0.1, 0.15) is 12.1 Å². The van der Waals surface area contributed by atoms with Gasteiger partial charge in [0.05, 0.1) is 0 Å². The molecule has 0 saturated carbocycles. The Morgan fingerprint density at radius 2 is 1.48 bits per heavy atom. The summed E-state index contributed by atoms with van der Waals surface area (Å²) in [4.78, 5) is 48.3. The zero-order valence-corrected chi connectivity index (χ0v) is 27.9. The number of carbonyl (C=O) groups excluding carboxylic acids is 2. The molecule has 0 radical (unpaired) electrons. The summed E-state index contributed by atoms with van der Waals surface area (Å²) in [6.45, 7) is 3.86. The van der Waals surface area contributed by atoms with Crippen LogP contribution in [0.1, 0.15) is 32.6 Å². The molecule has 242 valence electrons. The molecule has 0 unspecified atom stereocenters. The van der Waals surface area contributed by atoms with Crippen molar-refractivity contribution < 1.29 is 19.5 Å². The second-order valence-electron chi connectivity index (χ2n) is 12.2. The SMILES string of the molecule is Cc1cc(C)cc(C(=O)N(C)[C@H](Cc2ccc(-c3ccsc3)cc2)C(=O)N(c2ccccc2)[C@@H](Cc2c[nH]c3ccccc23)C(=O)O)c1. The average Bonchev–Trinajstić information content (AvgIpc) is 3.77. The first-order valence-electron chi connectivity index (χ1n) is 15.8. The summed E-state index contributed by atoms with van der Waals surface area (Å²) >= 11 is 1.62. The lowest BCUT2D eigenvalue weighted by atomic mass is 9.97. The van der Waals surface area contributed by atoms with Crippen LogP contribution < -0.4 is 4.90 Å². The molecule has 2 N–H and O–H groups in total. The molecule has 8 heteroatoms. The van der Waals surface area contributed by atoms with Gasteiger partial charge < -0.3 is 15.0 Å². The number of carbonyl (C=O) groups is 3. The number of nitrogens with one attached hydrogen (secondary N) is 1. The highest BCUT2D eigenvalue weighted by atomic mass is 32.1. The van der Waals surface area contributed by atoms with Gasteiger partial charge in [-0.25, -0.2) is 4.79 Å². The molecule has 0 aliphatic carbocycles. The number of thiophene rings is 1. The lowest BCUT2D eigenvalue weighted by molar-refractivity contribution is -0.140. The molecule has 2 amide bonds. The highest BCUT2D eigenvalue weighted by Gasteiger charge is 2.38. The Balaban J connectivity index is 1.42. The average molecular weight is 656 g/mol. The third-order valence-electron chi connectivity index (χ3n) is 8.74. The van der Waals surface area contributed by atoms with E-state index < -0.39 is 24.0 Å². The smallest absolute Gasteiger partial charge is 0.327 e. The zero-order valence-electron chi connectivity index (χ0n) is 27.1. The van der Waals surface area contributed by atoms with E-state index in [1.165, 1.54) is 9.80 Å². The maximum atomic E-state index is 15.0. The molecule has 6 aromatic rings. The zero-order chi connectivity index (χ0) is 33.8. The Morgan fingerprint density at radius 1 is 0.792 bits per heavy atom. The fourth-order valence-electron chi connectivity index (χ4n) is 6.33. The van der Waals surface area contributed by atoms with Crippen molar-refractivity contribution in [3.05, 3.63) is 148 Å². The van der Waals surface area contributed by atoms with Crippen LogP contribution >= 0.6 is 11.3 Å². The number of amides is 2. The van der Waals surface area contributed by atoms with E-state index >= 15 is 4.79 Å². The van der Waals surface area contributed by atoms with Gasteiger partial charge in [-0.15, -0.1) is 0 Å². The first-order chi connectivity index (χ1) is 23.2. The van der Waals surface area contributed by atoms with Crippen LogP contribution in [-0.4, -0.2) is 51.9 Å². The molecule has 2 heterocycles. The van der Waals surface area contributed by atoms with Crippen LogP contribution in [0.3, 0.4) is 0 Å². The van der Waals surface area contributed by atoms with Crippen LogP contribution in [0.25, 0.3) is 22.0 Å². The number of hydrogen-bond acceptors (Lipinski definition) is 4. The number of rotatable bonds is 11. The van der Waals surface area contributed by atoms with Gasteiger partial charge in [0.2, 0.25) is 0 Å². The second-order valence-corrected chi connectivity index (χ2v) is 13.0. The molecule has 0 spiro atoms. The van der Waals surface area contributed by atoms with Crippen LogP contribution in [-0.2, 0) is 22.4 Å². The van der Waals surface area contributed by atoms with Gasteiger partial charge in [-0.1, -0.05) is 77.9 Å². The Kier molecular flexibility index (Phi) is 9.55. The van der Waals surface area contributed by atoms with E-state index in [0.717, 1.165) is 44.3 Å². The van der Waals surface area contributed by atoms with Crippen LogP contribution in [0.5, 0.6) is 0 Å². The van der Waals surface area contributed by atoms with E-state index in [9.17, 15) is 14.7 Å². The maximum Gasteiger partial charge on any atom is 0.327 e. The minimum atomic E-state index is -1.24. The van der Waals surface area contributed by atoms with Crippen molar-refractivity contribution in [3.63, 3.8) is 0 Å². The summed E-state index contributed by atoms with van der Waals surface area (Å²) in [5.41, 5.74) is 7.48. The van der Waals surface area contributed by atoms with Crippen molar-refractivity contribution in [2.24, 2.45) is 0 Å². The van der Waals surface area contributed by atoms with Crippen molar-refractivity contribution in [1.29, 1.82) is 0 Å². The predicted octanol–water partition coefficient (Wildman–Crippen LogP) is 7.93. The number of likely N-dealkylation sites (N-methyl/N-ethyl adjacent to an activating group) is 1. The van der Waals surface area contributed by atoms with Gasteiger partial charge in [0.25, 0.3) is 11.8 Å². The maximum absolute atomic E-state index is 15.0. The summed E-state index contributed by atoms with van der Waals surface area (Å²) in [6.07, 6.45) is 2.06. The Bertz CT molecular complexity index is 2030. The van der Waals surface area contributed by atoms with Crippen LogP contribution in [0.15, 0.2) is 120 Å². The van der Waals surface area contributed by atoms with Gasteiger partial charge in [-0.05, 0) is 83.3 Å². The lowest BCUT2D eigenvalue weighted by Crippen LogP contribution is -2.56. The monoisotopic (exact) mass is 655 g/mol. The van der Waals surface area contributed by atoms with Crippen molar-refractivity contribution in [2.45, 2.75) is 38.8 Å². The third-order valence-corrected chi connectivity index (χ3v) is 9.42. The fourth-order valence-corrected chi connectivity index (χ4v) is 6.99. The standard InChI is InChI=1S/C40H37N3O4S/c1-26-19-27(2)21-31(20-26)38(44)42(3)36(22-28-13-15-29(16-14-28)30-17-18-48-25-30)39(45)43(33-9-5-4-6-10-33)37(40(46)47)23-32-24-41-35-12-8-7-11-34(32)35/h4-21,24-25,36-37,41H,22-23H2,1-3H3,(H,46,47)/t36-,37+/m1/s1. The van der Waals surface area contributed by atoms with Gasteiger partial charge in [0, 0.05) is 48.2 Å². The molecule has 0 bridgehead atoms. The first-order valence-corrected chi connectivity index (χ1v) is 16.8. The predicted molar refractivity (Wildman–Crippen MR) is 193 cm³/mol. The highest BCUT2D eigenvalue weighted by molar-refractivity contribution is 7.08. The lowest BCUT2D eigenvalue weighted by Gasteiger charge is -2.36. The number of anilines is 1. The molecule has 0 aliphatic rings. The van der Waals surface area contributed by atoms with E-state index in [-0.39, 0.29) is 18.7 Å². The fraction of sp³-hybridized carbons (Fsp3) is 0.175. The van der Waals surface area contributed by atoms with Crippen molar-refractivity contribution >= 4 is 45.7 Å². The quantitative estimate of drug-likeness (QED) is 0.148. The van der Waals surface area contributed by atoms with Gasteiger partial charge in [0.15, 0.2) is 0 Å². The van der Waals surface area contributed by atoms with Gasteiger partial charge in [-0.3, -0.25) is 14.5 Å². The van der Waals surface area contributed by atoms with E-state index in [2.05, 4.69) is 16.4 Å². The molecule has 48 heavy (non-hydrogen) atoms. The summed E-state index contributed by atoms with van der Waals surface area (Å²) < 4.78 is 0. The van der Waals surface area contributed by atoms with E-state index in [1.54, 1.807) is 48.8 Å². The number of carboxylic acids is 1. The molecule has 0 aliphatic heterocycles. The van der Waals surface area contributed by atoms with E-state index in [1.807, 2.05) is 92.0 Å². The number of aromatic nitrogens is 1. The highest BCUT2D eigenvalue weighted by Crippen LogP contribution is 2.28. The minimum absolute atomic E-state index is 0.0662. The molecular weight excluding hydrogens is 619 g/mol. The normalized spacial score (nSPS) is 12.4.